The molecule has 0 bridgehead atoms. The van der Waals surface area contributed by atoms with Crippen LogP contribution in [0.3, 0.4) is 0 Å². The van der Waals surface area contributed by atoms with Crippen LogP contribution in [0.15, 0.2) is 33.5 Å². The van der Waals surface area contributed by atoms with E-state index in [1.807, 2.05) is 23.1 Å². The molecule has 1 N–H and O–H groups in total. The molecule has 0 amide bonds. The normalized spacial score (nSPS) is 19.9. The van der Waals surface area contributed by atoms with Crippen LogP contribution in [0.4, 0.5) is 0 Å². The molecule has 1 aliphatic heterocycles. The highest BCUT2D eigenvalue weighted by molar-refractivity contribution is 5.73. The van der Waals surface area contributed by atoms with Gasteiger partial charge in [-0.15, -0.1) is 0 Å². The molecule has 2 heterocycles. The highest BCUT2D eigenvalue weighted by Gasteiger charge is 2.26. The molecule has 21 heavy (non-hydrogen) atoms. The zero-order valence-electron chi connectivity index (χ0n) is 11.4. The third kappa shape index (κ3) is 2.84. The number of hydrogen-bond donors (Lipinski definition) is 1. The van der Waals surface area contributed by atoms with Gasteiger partial charge >= 0.3 is 11.7 Å². The molecule has 0 aliphatic carbocycles. The molecule has 1 fully saturated rings. The number of carbonyl (C=O) groups is 1. The lowest BCUT2D eigenvalue weighted by Crippen LogP contribution is -2.47. The number of aliphatic carboxylic acids is 1. The maximum atomic E-state index is 11.8. The van der Waals surface area contributed by atoms with Gasteiger partial charge in [-0.25, -0.2) is 9.59 Å². The fourth-order valence-electron chi connectivity index (χ4n) is 2.52. The van der Waals surface area contributed by atoms with Crippen molar-refractivity contribution in [3.63, 3.8) is 0 Å². The first kappa shape index (κ1) is 13.8. The van der Waals surface area contributed by atoms with Crippen molar-refractivity contribution in [3.8, 4) is 0 Å². The summed E-state index contributed by atoms with van der Waals surface area (Å²) in [5.41, 5.74) is 1.32. The van der Waals surface area contributed by atoms with E-state index in [-0.39, 0.29) is 5.76 Å². The lowest BCUT2D eigenvalue weighted by molar-refractivity contribution is -0.156. The van der Waals surface area contributed by atoms with Gasteiger partial charge in [-0.05, 0) is 12.1 Å². The van der Waals surface area contributed by atoms with E-state index in [9.17, 15) is 9.59 Å². The fourth-order valence-corrected chi connectivity index (χ4v) is 2.52. The van der Waals surface area contributed by atoms with E-state index in [1.165, 1.54) is 0 Å². The number of oxazole rings is 1. The molecule has 0 radical (unpaired) electrons. The summed E-state index contributed by atoms with van der Waals surface area (Å²) < 4.78 is 11.9. The number of carboxylic acid groups (broad SMARTS) is 1. The Kier molecular flexibility index (Phi) is 3.76. The summed E-state index contributed by atoms with van der Waals surface area (Å²) in [6.45, 7) is 2.42. The van der Waals surface area contributed by atoms with Crippen LogP contribution in [-0.2, 0) is 16.1 Å². The molecular formula is C14H16N2O5. The molecule has 1 unspecified atom stereocenters. The van der Waals surface area contributed by atoms with Crippen molar-refractivity contribution in [3.05, 3.63) is 34.8 Å². The first-order valence-electron chi connectivity index (χ1n) is 6.80. The molecule has 7 heteroatoms. The van der Waals surface area contributed by atoms with E-state index in [1.54, 1.807) is 10.6 Å². The summed E-state index contributed by atoms with van der Waals surface area (Å²) in [6, 6.07) is 7.25. The summed E-state index contributed by atoms with van der Waals surface area (Å²) in [7, 11) is 0. The predicted octanol–water partition coefficient (Wildman–Crippen LogP) is 0.380. The predicted molar refractivity (Wildman–Crippen MR) is 74.3 cm³/mol. The van der Waals surface area contributed by atoms with Crippen LogP contribution >= 0.6 is 0 Å². The molecule has 112 valence electrons. The van der Waals surface area contributed by atoms with E-state index >= 15 is 0 Å². The lowest BCUT2D eigenvalue weighted by atomic mass is 10.2. The number of nitrogens with zero attached hydrogens (tertiary/aromatic N) is 2. The first-order valence-corrected chi connectivity index (χ1v) is 6.80. The Hall–Kier alpha value is -2.12. The number of benzene rings is 1. The van der Waals surface area contributed by atoms with Crippen molar-refractivity contribution in [2.75, 3.05) is 26.2 Å². The zero-order chi connectivity index (χ0) is 14.8. The fraction of sp³-hybridized carbons (Fsp3) is 0.429. The molecule has 7 nitrogen and oxygen atoms in total. The highest BCUT2D eigenvalue weighted by atomic mass is 16.5. The average Bonchev–Trinajstić information content (AvgIpc) is 2.81. The number of hydrogen-bond acceptors (Lipinski definition) is 5. The van der Waals surface area contributed by atoms with Gasteiger partial charge in [0.2, 0.25) is 0 Å². The van der Waals surface area contributed by atoms with E-state index in [0.29, 0.717) is 38.4 Å². The van der Waals surface area contributed by atoms with Crippen LogP contribution in [0.2, 0.25) is 0 Å². The quantitative estimate of drug-likeness (QED) is 0.877. The Balaban J connectivity index is 1.70. The van der Waals surface area contributed by atoms with Crippen LogP contribution < -0.4 is 5.76 Å². The van der Waals surface area contributed by atoms with Crippen LogP contribution in [0.1, 0.15) is 0 Å². The Morgan fingerprint density at radius 2 is 2.14 bits per heavy atom. The van der Waals surface area contributed by atoms with Crippen molar-refractivity contribution < 1.29 is 19.1 Å². The number of carboxylic acids is 1. The van der Waals surface area contributed by atoms with E-state index in [4.69, 9.17) is 14.3 Å². The standard InChI is InChI=1S/C14H16N2O5/c17-13(18)12-9-15(7-8-20-12)5-6-16-10-3-1-2-4-11(10)21-14(16)19/h1-4,12H,5-9H2,(H,17,18). The molecular weight excluding hydrogens is 276 g/mol. The Bertz CT molecular complexity index is 705. The average molecular weight is 292 g/mol. The van der Waals surface area contributed by atoms with Crippen LogP contribution in [0.5, 0.6) is 0 Å². The van der Waals surface area contributed by atoms with Gasteiger partial charge < -0.3 is 14.3 Å². The van der Waals surface area contributed by atoms with Crippen molar-refractivity contribution in [2.24, 2.45) is 0 Å². The maximum absolute atomic E-state index is 11.8. The second kappa shape index (κ2) is 5.71. The number of rotatable bonds is 4. The molecule has 0 spiro atoms. The van der Waals surface area contributed by atoms with Gasteiger partial charge in [0.1, 0.15) is 0 Å². The van der Waals surface area contributed by atoms with E-state index < -0.39 is 12.1 Å². The topological polar surface area (TPSA) is 84.9 Å². The Labute approximate surface area is 120 Å². The third-order valence-corrected chi connectivity index (χ3v) is 3.64. The Morgan fingerprint density at radius 1 is 1.33 bits per heavy atom. The van der Waals surface area contributed by atoms with Gasteiger partial charge in [0.15, 0.2) is 11.7 Å². The SMILES string of the molecule is O=C(O)C1CN(CCn2c(=O)oc3ccccc32)CCO1. The van der Waals surface area contributed by atoms with Crippen LogP contribution in [0.25, 0.3) is 11.1 Å². The maximum Gasteiger partial charge on any atom is 0.419 e. The molecule has 3 rings (SSSR count). The first-order chi connectivity index (χ1) is 10.1. The lowest BCUT2D eigenvalue weighted by Gasteiger charge is -2.30. The van der Waals surface area contributed by atoms with E-state index in [0.717, 1.165) is 5.52 Å². The van der Waals surface area contributed by atoms with Crippen LogP contribution in [0, 0.1) is 0 Å². The van der Waals surface area contributed by atoms with Gasteiger partial charge in [0, 0.05) is 26.2 Å². The summed E-state index contributed by atoms with van der Waals surface area (Å²) >= 11 is 0. The monoisotopic (exact) mass is 292 g/mol. The van der Waals surface area contributed by atoms with Crippen molar-refractivity contribution >= 4 is 17.1 Å². The smallest absolute Gasteiger partial charge is 0.419 e. The summed E-state index contributed by atoms with van der Waals surface area (Å²) in [4.78, 5) is 24.8. The molecule has 1 aliphatic rings. The largest absolute Gasteiger partial charge is 0.479 e. The van der Waals surface area contributed by atoms with Gasteiger partial charge in [-0.1, -0.05) is 12.1 Å². The number of para-hydroxylation sites is 2. The van der Waals surface area contributed by atoms with Crippen molar-refractivity contribution in [1.82, 2.24) is 9.47 Å². The van der Waals surface area contributed by atoms with Crippen LogP contribution in [-0.4, -0.2) is 52.9 Å². The zero-order valence-corrected chi connectivity index (χ0v) is 11.4. The Morgan fingerprint density at radius 3 is 2.95 bits per heavy atom. The molecule has 1 atom stereocenters. The molecule has 0 saturated carbocycles. The summed E-state index contributed by atoms with van der Waals surface area (Å²) in [5, 5.41) is 8.97. The van der Waals surface area contributed by atoms with E-state index in [2.05, 4.69) is 0 Å². The summed E-state index contributed by atoms with van der Waals surface area (Å²) in [5.74, 6) is -1.34. The minimum absolute atomic E-state index is 0.333. The van der Waals surface area contributed by atoms with Gasteiger partial charge in [0.25, 0.3) is 0 Å². The number of aromatic nitrogens is 1. The minimum atomic E-state index is -0.953. The third-order valence-electron chi connectivity index (χ3n) is 3.64. The van der Waals surface area contributed by atoms with Gasteiger partial charge in [-0.2, -0.15) is 0 Å². The van der Waals surface area contributed by atoms with Crippen molar-refractivity contribution in [1.29, 1.82) is 0 Å². The number of ether oxygens (including phenoxy) is 1. The number of fused-ring (bicyclic) bond motifs is 1. The molecule has 1 saturated heterocycles. The highest BCUT2D eigenvalue weighted by Crippen LogP contribution is 2.12. The van der Waals surface area contributed by atoms with Gasteiger partial charge in [0.05, 0.1) is 12.1 Å². The molecule has 2 aromatic rings. The second-order valence-corrected chi connectivity index (χ2v) is 4.99. The number of morpholine rings is 1. The minimum Gasteiger partial charge on any atom is -0.479 e. The second-order valence-electron chi connectivity index (χ2n) is 4.99. The summed E-state index contributed by atoms with van der Waals surface area (Å²) in [6.07, 6.45) is -0.795. The molecule has 1 aromatic heterocycles. The molecule has 1 aromatic carbocycles. The van der Waals surface area contributed by atoms with Crippen molar-refractivity contribution in [2.45, 2.75) is 12.6 Å². The van der Waals surface area contributed by atoms with Gasteiger partial charge in [-0.3, -0.25) is 9.47 Å².